The average molecular weight is 376 g/mol. The zero-order chi connectivity index (χ0) is 19.8. The van der Waals surface area contributed by atoms with E-state index in [1.165, 1.54) is 18.2 Å². The van der Waals surface area contributed by atoms with Gasteiger partial charge in [0.1, 0.15) is 17.2 Å². The number of hydrogen-bond acceptors (Lipinski definition) is 2. The fraction of sp³-hybridized carbons (Fsp3) is 0.200. The summed E-state index contributed by atoms with van der Waals surface area (Å²) in [5.74, 6) is -5.82. The van der Waals surface area contributed by atoms with Gasteiger partial charge >= 0.3 is 0 Å². The van der Waals surface area contributed by atoms with Crippen LogP contribution in [-0.2, 0) is 0 Å². The maximum atomic E-state index is 13.7. The van der Waals surface area contributed by atoms with Crippen molar-refractivity contribution in [2.75, 3.05) is 5.32 Å². The second-order valence-electron chi connectivity index (χ2n) is 6.38. The first-order chi connectivity index (χ1) is 12.7. The van der Waals surface area contributed by atoms with Crippen molar-refractivity contribution in [2.45, 2.75) is 26.2 Å². The summed E-state index contributed by atoms with van der Waals surface area (Å²) in [4.78, 5) is 16.1. The number of nitrogens with one attached hydrogen (secondary N) is 1. The van der Waals surface area contributed by atoms with Gasteiger partial charge in [0.2, 0.25) is 0 Å². The molecule has 7 heteroatoms. The molecule has 3 nitrogen and oxygen atoms in total. The summed E-state index contributed by atoms with van der Waals surface area (Å²) in [5, 5.41) is 2.41. The van der Waals surface area contributed by atoms with Gasteiger partial charge in [0.25, 0.3) is 11.8 Å². The normalized spacial score (nSPS) is 14.4. The molecule has 0 radical (unpaired) electrons. The van der Waals surface area contributed by atoms with Gasteiger partial charge in [0.05, 0.1) is 11.4 Å². The number of nitrogens with zero attached hydrogens (tertiary/aromatic N) is 1. The highest BCUT2D eigenvalue weighted by Crippen LogP contribution is 2.34. The van der Waals surface area contributed by atoms with Crippen LogP contribution in [0.1, 0.15) is 36.2 Å². The van der Waals surface area contributed by atoms with Crippen molar-refractivity contribution in [3.05, 3.63) is 70.8 Å². The smallest absolute Gasteiger partial charge is 0.283 e. The van der Waals surface area contributed by atoms with Gasteiger partial charge in [-0.2, -0.15) is 0 Å². The number of carbonyl (C=O) groups is 1. The molecule has 1 heterocycles. The molecule has 1 aliphatic rings. The third-order valence-corrected chi connectivity index (χ3v) is 4.20. The van der Waals surface area contributed by atoms with Crippen molar-refractivity contribution in [1.29, 1.82) is 0 Å². The molecule has 0 aliphatic carbocycles. The van der Waals surface area contributed by atoms with E-state index < -0.39 is 29.0 Å². The molecule has 0 fully saturated rings. The van der Waals surface area contributed by atoms with E-state index in [1.54, 1.807) is 19.1 Å². The lowest BCUT2D eigenvalue weighted by atomic mass is 10.0. The average Bonchev–Trinajstić information content (AvgIpc) is 2.97. The largest absolute Gasteiger partial charge is 0.322 e. The minimum absolute atomic E-state index is 0.101. The van der Waals surface area contributed by atoms with Gasteiger partial charge in [-0.05, 0) is 36.8 Å². The van der Waals surface area contributed by atoms with Crippen LogP contribution in [0.5, 0.6) is 0 Å². The quantitative estimate of drug-likeness (QED) is 0.709. The number of anilines is 1. The summed E-state index contributed by atoms with van der Waals surface area (Å²) >= 11 is 0. The molecule has 0 saturated carbocycles. The van der Waals surface area contributed by atoms with E-state index in [9.17, 15) is 22.4 Å². The lowest BCUT2D eigenvalue weighted by Crippen LogP contribution is -2.22. The molecule has 2 aromatic carbocycles. The van der Waals surface area contributed by atoms with Crippen LogP contribution in [0.15, 0.2) is 53.0 Å². The van der Waals surface area contributed by atoms with Crippen LogP contribution in [0.3, 0.4) is 0 Å². The third-order valence-electron chi connectivity index (χ3n) is 4.20. The zero-order valence-corrected chi connectivity index (χ0v) is 14.6. The second-order valence-corrected chi connectivity index (χ2v) is 6.38. The minimum atomic E-state index is -2.99. The maximum Gasteiger partial charge on any atom is 0.283 e. The predicted molar refractivity (Wildman–Crippen MR) is 96.0 cm³/mol. The molecule has 0 spiro atoms. The number of amides is 1. The molecule has 1 N–H and O–H groups in total. The van der Waals surface area contributed by atoms with Crippen molar-refractivity contribution < 1.29 is 22.4 Å². The molecule has 0 bridgehead atoms. The van der Waals surface area contributed by atoms with Gasteiger partial charge < -0.3 is 5.32 Å². The van der Waals surface area contributed by atoms with E-state index in [1.807, 2.05) is 0 Å². The van der Waals surface area contributed by atoms with Crippen molar-refractivity contribution in [2.24, 2.45) is 4.99 Å². The number of benzene rings is 2. The summed E-state index contributed by atoms with van der Waals surface area (Å²) in [6.07, 6.45) is 0.101. The molecule has 0 unspecified atom stereocenters. The first kappa shape index (κ1) is 18.8. The maximum absolute atomic E-state index is 13.7. The Morgan fingerprint density at radius 1 is 1.07 bits per heavy atom. The Kier molecular flexibility index (Phi) is 4.87. The van der Waals surface area contributed by atoms with Crippen molar-refractivity contribution in [3.63, 3.8) is 0 Å². The van der Waals surface area contributed by atoms with E-state index in [4.69, 9.17) is 0 Å². The van der Waals surface area contributed by atoms with Gasteiger partial charge in [0.15, 0.2) is 0 Å². The van der Waals surface area contributed by atoms with Gasteiger partial charge in [-0.25, -0.2) is 17.6 Å². The number of hydrogen-bond donors (Lipinski definition) is 1. The number of alkyl halides is 2. The van der Waals surface area contributed by atoms with Crippen LogP contribution in [0, 0.1) is 11.6 Å². The molecule has 140 valence electrons. The van der Waals surface area contributed by atoms with E-state index in [-0.39, 0.29) is 12.1 Å². The molecule has 2 aromatic rings. The molecule has 1 aliphatic heterocycles. The van der Waals surface area contributed by atoms with Gasteiger partial charge in [-0.3, -0.25) is 9.79 Å². The van der Waals surface area contributed by atoms with Crippen LogP contribution < -0.4 is 5.32 Å². The van der Waals surface area contributed by atoms with Gasteiger partial charge in [-0.1, -0.05) is 18.2 Å². The summed E-state index contributed by atoms with van der Waals surface area (Å²) in [5.41, 5.74) is 1.24. The highest BCUT2D eigenvalue weighted by molar-refractivity contribution is 6.05. The molecule has 0 saturated heterocycles. The summed E-state index contributed by atoms with van der Waals surface area (Å²) < 4.78 is 54.2. The Morgan fingerprint density at radius 2 is 1.67 bits per heavy atom. The zero-order valence-electron chi connectivity index (χ0n) is 14.6. The van der Waals surface area contributed by atoms with E-state index in [0.717, 1.165) is 24.6 Å². The van der Waals surface area contributed by atoms with Crippen LogP contribution in [0.25, 0.3) is 5.70 Å². The number of carbonyl (C=O) groups excluding carboxylic acids is 1. The summed E-state index contributed by atoms with van der Waals surface area (Å²) in [7, 11) is 0. The highest BCUT2D eigenvalue weighted by atomic mass is 19.3. The van der Waals surface area contributed by atoms with Crippen molar-refractivity contribution in [1.82, 2.24) is 0 Å². The number of allylic oxidation sites excluding steroid dienone is 1. The van der Waals surface area contributed by atoms with Crippen molar-refractivity contribution >= 4 is 23.0 Å². The Bertz CT molecular complexity index is 937. The van der Waals surface area contributed by atoms with Crippen LogP contribution in [0.2, 0.25) is 0 Å². The molecule has 0 aromatic heterocycles. The topological polar surface area (TPSA) is 41.5 Å². The van der Waals surface area contributed by atoms with E-state index in [2.05, 4.69) is 10.3 Å². The molecule has 3 rings (SSSR count). The highest BCUT2D eigenvalue weighted by Gasteiger charge is 2.33. The van der Waals surface area contributed by atoms with E-state index in [0.29, 0.717) is 16.9 Å². The Morgan fingerprint density at radius 3 is 2.19 bits per heavy atom. The molecular formula is C20H16F4N2O. The first-order valence-corrected chi connectivity index (χ1v) is 8.18. The number of halogens is 4. The van der Waals surface area contributed by atoms with Gasteiger partial charge in [0, 0.05) is 24.6 Å². The molecular weight excluding hydrogens is 360 g/mol. The van der Waals surface area contributed by atoms with E-state index >= 15 is 0 Å². The second kappa shape index (κ2) is 6.98. The minimum Gasteiger partial charge on any atom is -0.322 e. The lowest BCUT2D eigenvalue weighted by Gasteiger charge is -2.09. The van der Waals surface area contributed by atoms with Crippen LogP contribution in [0.4, 0.5) is 23.2 Å². The molecule has 27 heavy (non-hydrogen) atoms. The molecule has 1 amide bonds. The third kappa shape index (κ3) is 3.92. The fourth-order valence-electron chi connectivity index (χ4n) is 2.79. The van der Waals surface area contributed by atoms with Crippen LogP contribution >= 0.6 is 0 Å². The summed E-state index contributed by atoms with van der Waals surface area (Å²) in [6.45, 7) is 2.54. The monoisotopic (exact) mass is 376 g/mol. The lowest BCUT2D eigenvalue weighted by molar-refractivity contribution is 0.0988. The Hall–Kier alpha value is -2.96. The Labute approximate surface area is 153 Å². The Balaban J connectivity index is 1.80. The molecule has 0 atom stereocenters. The number of aliphatic imine (C=N–C) groups is 1. The van der Waals surface area contributed by atoms with Gasteiger partial charge in [-0.15, -0.1) is 0 Å². The standard InChI is InChI=1S/C20H16F4N2O/c1-11-10-16(20(2,23)24)26-18(11)12-6-8-13(9-7-12)25-19(27)17-14(21)4-3-5-15(17)22/h3-9H,10H2,1-2H3,(H,25,27). The summed E-state index contributed by atoms with van der Waals surface area (Å²) in [6, 6.07) is 9.40. The SMILES string of the molecule is CC1=C(c2ccc(NC(=O)c3c(F)cccc3F)cc2)N=C(C(C)(F)F)C1. The number of rotatable bonds is 4. The predicted octanol–water partition coefficient (Wildman–Crippen LogP) is 5.45. The first-order valence-electron chi connectivity index (χ1n) is 8.18. The van der Waals surface area contributed by atoms with Crippen LogP contribution in [-0.4, -0.2) is 17.5 Å². The fourth-order valence-corrected chi connectivity index (χ4v) is 2.79. The van der Waals surface area contributed by atoms with Crippen molar-refractivity contribution in [3.8, 4) is 0 Å².